The van der Waals surface area contributed by atoms with Crippen molar-refractivity contribution in [3.8, 4) is 0 Å². The molecule has 5 rings (SSSR count). The maximum atomic E-state index is 13.1. The van der Waals surface area contributed by atoms with Crippen molar-refractivity contribution < 1.29 is 93.7 Å². The van der Waals surface area contributed by atoms with Gasteiger partial charge in [0.2, 0.25) is 16.9 Å². The molecule has 4 heterocycles. The molecule has 1 aromatic carbocycles. The minimum Gasteiger partial charge on any atom is -0.386 e. The summed E-state index contributed by atoms with van der Waals surface area (Å²) >= 11 is 0.795. The predicted octanol–water partition coefficient (Wildman–Crippen LogP) is 2.14. The van der Waals surface area contributed by atoms with Crippen LogP contribution in [0.2, 0.25) is 0 Å². The van der Waals surface area contributed by atoms with E-state index in [2.05, 4.69) is 44.7 Å². The Kier molecular flexibility index (Phi) is 17.4. The van der Waals surface area contributed by atoms with Crippen LogP contribution in [0.25, 0.3) is 11.2 Å². The standard InChI is InChI=1S/C34H43F3N9O17P3S/c1-33(2,26(49)30(50)41-10-8-22(47)39-11-12-67-32(51)20-7-4-9-40-28(20)45-19-6-3-5-18(13-19)34(35,36)37)15-60-66(57,58)63-65(55,56)59-14-21-25(62-64(52,53)54)24(48)31(61-21)46-17-44-23-27(38)42-16-43-29(23)46/h3-7,9,13,16-17,21,24-26,31,48-49H,8,10-12,14-15H2,1-2H3,(H,39,47)(H,40,45)(H,41,50)(H,55,56)(H,57,58)(H2,38,42,43)(H2,52,53,54). The van der Waals surface area contributed by atoms with Crippen molar-refractivity contribution >= 4 is 80.6 Å². The summed E-state index contributed by atoms with van der Waals surface area (Å²) in [5, 5.41) is 28.6. The van der Waals surface area contributed by atoms with Gasteiger partial charge in [-0.15, -0.1) is 0 Å². The number of aliphatic hydroxyl groups is 2. The van der Waals surface area contributed by atoms with Gasteiger partial charge in [-0.3, -0.25) is 32.5 Å². The number of pyridine rings is 1. The van der Waals surface area contributed by atoms with Crippen molar-refractivity contribution in [3.63, 3.8) is 0 Å². The molecule has 0 aliphatic carbocycles. The highest BCUT2D eigenvalue weighted by Crippen LogP contribution is 2.61. The van der Waals surface area contributed by atoms with E-state index in [-0.39, 0.29) is 59.3 Å². The van der Waals surface area contributed by atoms with E-state index in [9.17, 15) is 71.0 Å². The van der Waals surface area contributed by atoms with Crippen molar-refractivity contribution in [1.29, 1.82) is 0 Å². The number of nitrogen functional groups attached to an aromatic ring is 1. The normalized spacial score (nSPS) is 20.2. The molecule has 3 aromatic heterocycles. The Labute approximate surface area is 380 Å². The summed E-state index contributed by atoms with van der Waals surface area (Å²) in [6.45, 7) is -0.0161. The number of benzene rings is 1. The summed E-state index contributed by atoms with van der Waals surface area (Å²) in [6, 6.07) is 7.22. The number of hydrogen-bond donors (Lipinski definition) is 10. The Hall–Kier alpha value is -4.48. The number of nitrogens with zero attached hydrogens (tertiary/aromatic N) is 5. The van der Waals surface area contributed by atoms with Gasteiger partial charge in [0.25, 0.3) is 0 Å². The number of carbonyl (C=O) groups excluding carboxylic acids is 3. The second-order valence-electron chi connectivity index (χ2n) is 14.8. The maximum Gasteiger partial charge on any atom is 0.481 e. The lowest BCUT2D eigenvalue weighted by atomic mass is 9.87. The number of rotatable bonds is 22. The number of hydrogen-bond acceptors (Lipinski definition) is 20. The van der Waals surface area contributed by atoms with E-state index >= 15 is 0 Å². The molecule has 1 aliphatic heterocycles. The van der Waals surface area contributed by atoms with Gasteiger partial charge in [0, 0.05) is 42.6 Å². The number of amides is 2. The first kappa shape index (κ1) is 53.5. The molecule has 1 saturated heterocycles. The number of aliphatic hydroxyl groups excluding tert-OH is 2. The van der Waals surface area contributed by atoms with Gasteiger partial charge in [-0.05, 0) is 30.3 Å². The number of ether oxygens (including phenoxy) is 1. The van der Waals surface area contributed by atoms with Gasteiger partial charge in [-0.2, -0.15) is 17.5 Å². The number of halogens is 3. The van der Waals surface area contributed by atoms with Crippen molar-refractivity contribution in [2.75, 3.05) is 43.1 Å². The van der Waals surface area contributed by atoms with Crippen molar-refractivity contribution in [3.05, 3.63) is 66.4 Å². The van der Waals surface area contributed by atoms with E-state index in [1.807, 2.05) is 0 Å². The molecule has 7 unspecified atom stereocenters. The van der Waals surface area contributed by atoms with Crippen LogP contribution in [-0.2, 0) is 52.1 Å². The van der Waals surface area contributed by atoms with E-state index in [0.717, 1.165) is 41.1 Å². The third-order valence-corrected chi connectivity index (χ3v) is 13.2. The average molecular weight is 1030 g/mol. The molecular formula is C34H43F3N9O17P3S. The number of phosphoric acid groups is 3. The number of alkyl halides is 3. The average Bonchev–Trinajstić information content (AvgIpc) is 3.80. The first-order valence-electron chi connectivity index (χ1n) is 19.1. The highest BCUT2D eigenvalue weighted by molar-refractivity contribution is 8.14. The lowest BCUT2D eigenvalue weighted by Gasteiger charge is -2.30. The number of nitrogens with two attached hydrogens (primary N) is 1. The molecule has 0 spiro atoms. The molecular weight excluding hydrogens is 988 g/mol. The van der Waals surface area contributed by atoms with Crippen LogP contribution in [0.15, 0.2) is 55.2 Å². The summed E-state index contributed by atoms with van der Waals surface area (Å²) < 4.78 is 102. The number of nitrogens with one attached hydrogen (secondary N) is 3. The van der Waals surface area contributed by atoms with E-state index in [1.54, 1.807) is 0 Å². The second kappa shape index (κ2) is 21.9. The van der Waals surface area contributed by atoms with Crippen LogP contribution in [0.1, 0.15) is 42.4 Å². The van der Waals surface area contributed by atoms with Gasteiger partial charge in [0.1, 0.15) is 42.1 Å². The van der Waals surface area contributed by atoms with Gasteiger partial charge in [0.05, 0.1) is 30.7 Å². The molecule has 368 valence electrons. The van der Waals surface area contributed by atoms with Crippen molar-refractivity contribution in [2.45, 2.75) is 57.1 Å². The number of thioether (sulfide) groups is 1. The summed E-state index contributed by atoms with van der Waals surface area (Å²) in [7, 11) is -16.5. The number of imidazole rings is 1. The van der Waals surface area contributed by atoms with E-state index in [0.29, 0.717) is 0 Å². The molecule has 0 saturated carbocycles. The summed E-state index contributed by atoms with van der Waals surface area (Å²) in [4.78, 5) is 93.1. The Morgan fingerprint density at radius 2 is 1.70 bits per heavy atom. The Morgan fingerprint density at radius 1 is 0.985 bits per heavy atom. The maximum absolute atomic E-state index is 13.1. The van der Waals surface area contributed by atoms with Crippen LogP contribution in [-0.4, -0.2) is 128 Å². The van der Waals surface area contributed by atoms with Crippen LogP contribution in [0.4, 0.5) is 30.5 Å². The number of phosphoric ester groups is 3. The molecule has 2 amide bonds. The first-order chi connectivity index (χ1) is 31.2. The molecule has 0 bridgehead atoms. The number of anilines is 3. The molecule has 0 radical (unpaired) electrons. The minimum absolute atomic E-state index is 0.00754. The molecule has 1 fully saturated rings. The molecule has 33 heteroatoms. The Bertz CT molecular complexity index is 2580. The molecule has 26 nitrogen and oxygen atoms in total. The van der Waals surface area contributed by atoms with Crippen LogP contribution in [0.5, 0.6) is 0 Å². The smallest absolute Gasteiger partial charge is 0.386 e. The lowest BCUT2D eigenvalue weighted by molar-refractivity contribution is -0.138. The summed E-state index contributed by atoms with van der Waals surface area (Å²) in [6.07, 6.45) is -10.5. The molecule has 4 aromatic rings. The highest BCUT2D eigenvalue weighted by atomic mass is 32.2. The third kappa shape index (κ3) is 15.0. The van der Waals surface area contributed by atoms with Crippen LogP contribution in [0, 0.1) is 5.41 Å². The number of aromatic nitrogens is 5. The zero-order valence-corrected chi connectivity index (χ0v) is 38.2. The van der Waals surface area contributed by atoms with Gasteiger partial charge in [-0.25, -0.2) is 33.6 Å². The molecule has 11 N–H and O–H groups in total. The monoisotopic (exact) mass is 1030 g/mol. The fraction of sp³-hybridized carbons (Fsp3) is 0.441. The quantitative estimate of drug-likeness (QED) is 0.0398. The number of fused-ring (bicyclic) bond motifs is 1. The fourth-order valence-corrected chi connectivity index (χ4v) is 9.47. The van der Waals surface area contributed by atoms with Crippen molar-refractivity contribution in [1.82, 2.24) is 35.1 Å². The predicted molar refractivity (Wildman–Crippen MR) is 225 cm³/mol. The first-order valence-corrected chi connectivity index (χ1v) is 24.6. The SMILES string of the molecule is CC(C)(COP(=O)(O)OP(=O)(O)OCC1OC(n2cnc3c(N)ncnc32)C(O)C1OP(=O)(O)O)C(O)C(=O)NCCC(=O)NCCSC(=O)c1cccnc1Nc1cccc(C(F)(F)F)c1. The Balaban J connectivity index is 1.03. The molecule has 67 heavy (non-hydrogen) atoms. The van der Waals surface area contributed by atoms with E-state index in [1.165, 1.54) is 44.3 Å². The van der Waals surface area contributed by atoms with Crippen LogP contribution in [0.3, 0.4) is 0 Å². The molecule has 1 aliphatic rings. The third-order valence-electron chi connectivity index (χ3n) is 9.22. The highest BCUT2D eigenvalue weighted by Gasteiger charge is 2.50. The van der Waals surface area contributed by atoms with E-state index < -0.39 is 101 Å². The van der Waals surface area contributed by atoms with Crippen LogP contribution >= 0.6 is 35.2 Å². The topological polar surface area (TPSA) is 389 Å². The largest absolute Gasteiger partial charge is 0.481 e. The molecule has 7 atom stereocenters. The van der Waals surface area contributed by atoms with Gasteiger partial charge in [0.15, 0.2) is 17.7 Å². The van der Waals surface area contributed by atoms with Gasteiger partial charge in [-0.1, -0.05) is 31.7 Å². The number of carbonyl (C=O) groups is 3. The minimum atomic E-state index is -5.63. The summed E-state index contributed by atoms with van der Waals surface area (Å²) in [5.41, 5.74) is 3.37. The van der Waals surface area contributed by atoms with Gasteiger partial charge < -0.3 is 56.2 Å². The zero-order valence-electron chi connectivity index (χ0n) is 34.7. The lowest BCUT2D eigenvalue weighted by Crippen LogP contribution is -2.46. The second-order valence-corrected chi connectivity index (χ2v) is 20.1. The fourth-order valence-electron chi connectivity index (χ4n) is 5.93. The van der Waals surface area contributed by atoms with Crippen LogP contribution < -0.4 is 21.7 Å². The van der Waals surface area contributed by atoms with E-state index in [4.69, 9.17) is 19.5 Å². The zero-order chi connectivity index (χ0) is 49.5. The van der Waals surface area contributed by atoms with Gasteiger partial charge >= 0.3 is 29.6 Å². The summed E-state index contributed by atoms with van der Waals surface area (Å²) in [5.74, 6) is -1.60. The Morgan fingerprint density at radius 3 is 2.40 bits per heavy atom. The van der Waals surface area contributed by atoms with Crippen molar-refractivity contribution in [2.24, 2.45) is 5.41 Å².